The van der Waals surface area contributed by atoms with Crippen LogP contribution in [0.15, 0.2) is 71.6 Å². The second kappa shape index (κ2) is 12.9. The minimum atomic E-state index is -4.10. The lowest BCUT2D eigenvalue weighted by Crippen LogP contribution is -2.52. The number of nitrogens with zero attached hydrogens (tertiary/aromatic N) is 2. The molecule has 0 heterocycles. The summed E-state index contributed by atoms with van der Waals surface area (Å²) in [6.45, 7) is 9.11. The van der Waals surface area contributed by atoms with Crippen LogP contribution >= 0.6 is 0 Å². The molecule has 8 heteroatoms. The first-order valence-electron chi connectivity index (χ1n) is 14.3. The number of aryl methyl sites for hydroxylation is 3. The number of carbonyl (C=O) groups excluding carboxylic acids is 2. The molecule has 41 heavy (non-hydrogen) atoms. The zero-order valence-electron chi connectivity index (χ0n) is 24.7. The molecular formula is C33H41N3O4S. The Hall–Kier alpha value is -3.65. The molecule has 0 saturated heterocycles. The monoisotopic (exact) mass is 575 g/mol. The normalized spacial score (nSPS) is 14.5. The van der Waals surface area contributed by atoms with Crippen molar-refractivity contribution in [1.29, 1.82) is 0 Å². The van der Waals surface area contributed by atoms with Gasteiger partial charge in [-0.3, -0.25) is 13.9 Å². The van der Waals surface area contributed by atoms with Crippen molar-refractivity contribution in [1.82, 2.24) is 10.2 Å². The predicted molar refractivity (Wildman–Crippen MR) is 163 cm³/mol. The molecule has 1 atom stereocenters. The van der Waals surface area contributed by atoms with E-state index in [2.05, 4.69) is 5.32 Å². The van der Waals surface area contributed by atoms with Gasteiger partial charge in [-0.15, -0.1) is 0 Å². The van der Waals surface area contributed by atoms with Crippen molar-refractivity contribution in [3.8, 4) is 0 Å². The van der Waals surface area contributed by atoms with Crippen LogP contribution in [0.4, 0.5) is 5.69 Å². The molecule has 0 spiro atoms. The fourth-order valence-corrected chi connectivity index (χ4v) is 6.69. The van der Waals surface area contributed by atoms with Gasteiger partial charge in [-0.1, -0.05) is 72.5 Å². The lowest BCUT2D eigenvalue weighted by molar-refractivity contribution is -0.139. The summed E-state index contributed by atoms with van der Waals surface area (Å²) in [4.78, 5) is 29.1. The topological polar surface area (TPSA) is 86.8 Å². The van der Waals surface area contributed by atoms with E-state index in [0.29, 0.717) is 5.69 Å². The highest BCUT2D eigenvalue weighted by Crippen LogP contribution is 2.29. The number of nitrogens with one attached hydrogen (secondary N) is 1. The molecule has 3 aromatic rings. The number of hydrogen-bond acceptors (Lipinski definition) is 4. The summed E-state index contributed by atoms with van der Waals surface area (Å²) in [5.74, 6) is -0.673. The SMILES string of the molecule is Cc1ccc(CN(C(=O)CN(c2cccc(C)c2C)S(=O)(=O)c2ccc(C)cc2)C(C)C(=O)NC2CCCC2)cc1. The van der Waals surface area contributed by atoms with E-state index in [0.717, 1.165) is 53.5 Å². The van der Waals surface area contributed by atoms with Gasteiger partial charge >= 0.3 is 0 Å². The minimum Gasteiger partial charge on any atom is -0.352 e. The van der Waals surface area contributed by atoms with Crippen molar-refractivity contribution in [2.45, 2.75) is 83.8 Å². The molecular weight excluding hydrogens is 534 g/mol. The maximum Gasteiger partial charge on any atom is 0.264 e. The predicted octanol–water partition coefficient (Wildman–Crippen LogP) is 5.59. The molecule has 1 N–H and O–H groups in total. The third-order valence-corrected chi connectivity index (χ3v) is 9.85. The van der Waals surface area contributed by atoms with Gasteiger partial charge in [-0.25, -0.2) is 8.42 Å². The van der Waals surface area contributed by atoms with Crippen LogP contribution in [0.25, 0.3) is 0 Å². The zero-order chi connectivity index (χ0) is 29.7. The van der Waals surface area contributed by atoms with Gasteiger partial charge in [0, 0.05) is 12.6 Å². The van der Waals surface area contributed by atoms with Gasteiger partial charge in [0.15, 0.2) is 0 Å². The van der Waals surface area contributed by atoms with E-state index < -0.39 is 28.5 Å². The number of amides is 2. The van der Waals surface area contributed by atoms with Crippen LogP contribution in [0, 0.1) is 27.7 Å². The molecule has 1 aliphatic carbocycles. The number of rotatable bonds is 10. The van der Waals surface area contributed by atoms with Crippen molar-refractivity contribution >= 4 is 27.5 Å². The Labute approximate surface area is 244 Å². The van der Waals surface area contributed by atoms with Crippen LogP contribution in [0.1, 0.15) is 60.4 Å². The van der Waals surface area contributed by atoms with E-state index in [1.807, 2.05) is 58.0 Å². The number of benzene rings is 3. The summed E-state index contributed by atoms with van der Waals surface area (Å²) in [5, 5.41) is 3.11. The first kappa shape index (κ1) is 30.3. The standard InChI is InChI=1S/C33H41N3O4S/c1-23-13-17-28(18-14-23)21-35(27(5)33(38)34-29-10-6-7-11-29)32(37)22-36(31-12-8-9-25(3)26(31)4)41(39,40)30-19-15-24(2)16-20-30/h8-9,12-20,27,29H,6-7,10-11,21-22H2,1-5H3,(H,34,38). The Morgan fingerprint density at radius 2 is 1.46 bits per heavy atom. The molecule has 1 saturated carbocycles. The first-order valence-corrected chi connectivity index (χ1v) is 15.7. The number of sulfonamides is 1. The second-order valence-corrected chi connectivity index (χ2v) is 13.1. The molecule has 7 nitrogen and oxygen atoms in total. The Morgan fingerprint density at radius 3 is 2.07 bits per heavy atom. The number of anilines is 1. The molecule has 0 bridgehead atoms. The van der Waals surface area contributed by atoms with Crippen LogP contribution in [-0.2, 0) is 26.2 Å². The van der Waals surface area contributed by atoms with Crippen LogP contribution < -0.4 is 9.62 Å². The van der Waals surface area contributed by atoms with Gasteiger partial charge in [0.25, 0.3) is 10.0 Å². The molecule has 2 amide bonds. The molecule has 0 aliphatic heterocycles. The van der Waals surface area contributed by atoms with Crippen molar-refractivity contribution in [2.75, 3.05) is 10.8 Å². The number of hydrogen-bond donors (Lipinski definition) is 1. The van der Waals surface area contributed by atoms with E-state index in [9.17, 15) is 18.0 Å². The summed E-state index contributed by atoms with van der Waals surface area (Å²) < 4.78 is 29.3. The quantitative estimate of drug-likeness (QED) is 0.341. The molecule has 4 rings (SSSR count). The van der Waals surface area contributed by atoms with Crippen molar-refractivity contribution in [3.63, 3.8) is 0 Å². The van der Waals surface area contributed by atoms with E-state index in [1.54, 1.807) is 43.3 Å². The van der Waals surface area contributed by atoms with Crippen LogP contribution in [0.3, 0.4) is 0 Å². The Morgan fingerprint density at radius 1 is 0.878 bits per heavy atom. The van der Waals surface area contributed by atoms with E-state index in [-0.39, 0.29) is 23.4 Å². The molecule has 1 unspecified atom stereocenters. The lowest BCUT2D eigenvalue weighted by atomic mass is 10.1. The molecule has 0 radical (unpaired) electrons. The van der Waals surface area contributed by atoms with Gasteiger partial charge in [0.1, 0.15) is 12.6 Å². The summed E-state index contributed by atoms with van der Waals surface area (Å²) in [7, 11) is -4.10. The first-order chi connectivity index (χ1) is 19.5. The fourth-order valence-electron chi connectivity index (χ4n) is 5.22. The third kappa shape index (κ3) is 7.17. The maximum absolute atomic E-state index is 14.1. The van der Waals surface area contributed by atoms with Gasteiger partial charge in [-0.2, -0.15) is 0 Å². The van der Waals surface area contributed by atoms with Gasteiger partial charge in [0.05, 0.1) is 10.6 Å². The summed E-state index contributed by atoms with van der Waals surface area (Å²) in [6, 6.07) is 19.2. The highest BCUT2D eigenvalue weighted by molar-refractivity contribution is 7.92. The molecule has 0 aromatic heterocycles. The average Bonchev–Trinajstić information content (AvgIpc) is 3.46. The largest absolute Gasteiger partial charge is 0.352 e. The van der Waals surface area contributed by atoms with E-state index >= 15 is 0 Å². The minimum absolute atomic E-state index is 0.105. The summed E-state index contributed by atoms with van der Waals surface area (Å²) in [6.07, 6.45) is 4.01. The van der Waals surface area contributed by atoms with Crippen LogP contribution in [0.2, 0.25) is 0 Å². The molecule has 1 aliphatic rings. The smallest absolute Gasteiger partial charge is 0.264 e. The Balaban J connectivity index is 1.71. The third-order valence-electron chi connectivity index (χ3n) is 8.07. The van der Waals surface area contributed by atoms with E-state index in [1.165, 1.54) is 9.21 Å². The van der Waals surface area contributed by atoms with Gasteiger partial charge < -0.3 is 10.2 Å². The highest BCUT2D eigenvalue weighted by atomic mass is 32.2. The summed E-state index contributed by atoms with van der Waals surface area (Å²) in [5.41, 5.74) is 5.02. The molecule has 1 fully saturated rings. The Kier molecular flexibility index (Phi) is 9.53. The van der Waals surface area contributed by atoms with Crippen LogP contribution in [-0.4, -0.2) is 43.8 Å². The average molecular weight is 576 g/mol. The van der Waals surface area contributed by atoms with Gasteiger partial charge in [0.2, 0.25) is 11.8 Å². The van der Waals surface area contributed by atoms with Crippen molar-refractivity contribution in [3.05, 3.63) is 94.5 Å². The van der Waals surface area contributed by atoms with Crippen LogP contribution in [0.5, 0.6) is 0 Å². The van der Waals surface area contributed by atoms with E-state index in [4.69, 9.17) is 0 Å². The molecule has 3 aromatic carbocycles. The zero-order valence-corrected chi connectivity index (χ0v) is 25.5. The lowest BCUT2D eigenvalue weighted by Gasteiger charge is -2.33. The fraction of sp³-hybridized carbons (Fsp3) is 0.394. The summed E-state index contributed by atoms with van der Waals surface area (Å²) >= 11 is 0. The van der Waals surface area contributed by atoms with Crippen molar-refractivity contribution in [2.24, 2.45) is 0 Å². The number of carbonyl (C=O) groups is 2. The maximum atomic E-state index is 14.1. The highest BCUT2D eigenvalue weighted by Gasteiger charge is 2.34. The van der Waals surface area contributed by atoms with Crippen molar-refractivity contribution < 1.29 is 18.0 Å². The Bertz CT molecular complexity index is 1480. The second-order valence-electron chi connectivity index (χ2n) is 11.2. The van der Waals surface area contributed by atoms with Gasteiger partial charge in [-0.05, 0) is 82.3 Å². The molecule has 218 valence electrons.